The lowest BCUT2D eigenvalue weighted by molar-refractivity contribution is 0.457. The molecule has 9 heteroatoms. The summed E-state index contributed by atoms with van der Waals surface area (Å²) >= 11 is 6.27. The highest BCUT2D eigenvalue weighted by atomic mass is 35.5. The Kier molecular flexibility index (Phi) is 5.91. The molecular weight excluding hydrogens is 402 g/mol. The van der Waals surface area contributed by atoms with Gasteiger partial charge >= 0.3 is 0 Å². The number of hydrogen-bond donors (Lipinski definition) is 1. The zero-order chi connectivity index (χ0) is 20.9. The fourth-order valence-electron chi connectivity index (χ4n) is 3.36. The molecule has 152 valence electrons. The summed E-state index contributed by atoms with van der Waals surface area (Å²) in [6.07, 6.45) is 7.01. The molecule has 0 spiro atoms. The molecule has 1 aromatic carbocycles. The molecular formula is C21H20ClN7O. The van der Waals surface area contributed by atoms with Crippen molar-refractivity contribution in [2.75, 3.05) is 23.3 Å². The first kappa shape index (κ1) is 19.9. The summed E-state index contributed by atoms with van der Waals surface area (Å²) in [4.78, 5) is 19.6. The van der Waals surface area contributed by atoms with Gasteiger partial charge in [0.15, 0.2) is 5.75 Å². The molecule has 1 aliphatic heterocycles. The van der Waals surface area contributed by atoms with Crippen LogP contribution < -0.4 is 15.0 Å². The van der Waals surface area contributed by atoms with Crippen LogP contribution in [-0.4, -0.2) is 39.1 Å². The van der Waals surface area contributed by atoms with Crippen molar-refractivity contribution in [2.45, 2.75) is 25.8 Å². The van der Waals surface area contributed by atoms with Gasteiger partial charge in [0.1, 0.15) is 0 Å². The first-order valence-electron chi connectivity index (χ1n) is 9.62. The minimum absolute atomic E-state index is 0.250. The zero-order valence-electron chi connectivity index (χ0n) is 16.4. The lowest BCUT2D eigenvalue weighted by Gasteiger charge is -2.32. The third-order valence-corrected chi connectivity index (χ3v) is 5.14. The molecule has 1 fully saturated rings. The summed E-state index contributed by atoms with van der Waals surface area (Å²) in [5, 5.41) is 12.8. The van der Waals surface area contributed by atoms with Gasteiger partial charge < -0.3 is 15.0 Å². The minimum atomic E-state index is 0.250. The van der Waals surface area contributed by atoms with Crippen molar-refractivity contribution < 1.29 is 4.74 Å². The van der Waals surface area contributed by atoms with Gasteiger partial charge in [0.25, 0.3) is 0 Å². The molecule has 2 aromatic heterocycles. The number of ether oxygens (including phenoxy) is 1. The number of benzene rings is 1. The summed E-state index contributed by atoms with van der Waals surface area (Å²) < 4.78 is 5.89. The Hall–Kier alpha value is -3.44. The summed E-state index contributed by atoms with van der Waals surface area (Å²) in [5.41, 5.74) is 1.25. The molecule has 1 aliphatic rings. The fraction of sp³-hybridized carbons (Fsp3) is 0.286. The molecule has 0 atom stereocenters. The van der Waals surface area contributed by atoms with E-state index >= 15 is 0 Å². The number of nitrogens with one attached hydrogen (secondary N) is 1. The van der Waals surface area contributed by atoms with E-state index in [4.69, 9.17) is 21.6 Å². The smallest absolute Gasteiger partial charge is 0.226 e. The van der Waals surface area contributed by atoms with Crippen molar-refractivity contribution in [3.63, 3.8) is 0 Å². The van der Waals surface area contributed by atoms with Crippen LogP contribution in [0, 0.1) is 18.3 Å². The van der Waals surface area contributed by atoms with E-state index in [9.17, 15) is 0 Å². The number of nitrogens with zero attached hydrogens (tertiary/aromatic N) is 6. The second kappa shape index (κ2) is 8.93. The van der Waals surface area contributed by atoms with Gasteiger partial charge in [0.2, 0.25) is 17.8 Å². The molecule has 3 aromatic rings. The number of aromatic nitrogens is 4. The number of halogens is 1. The highest BCUT2D eigenvalue weighted by Gasteiger charge is 2.21. The van der Waals surface area contributed by atoms with Crippen molar-refractivity contribution in [2.24, 2.45) is 0 Å². The Balaban J connectivity index is 1.40. The standard InChI is InChI=1S/C21H20ClN7O/c1-14-11-15(13-23)12-17(22)19(14)30-18-3-8-24-20(28-18)27-16-4-9-29(10-5-16)21-25-6-2-7-26-21/h2-3,6-8,11-12,16H,4-5,9-10H2,1H3,(H,24,27,28). The van der Waals surface area contributed by atoms with E-state index in [1.54, 1.807) is 36.8 Å². The van der Waals surface area contributed by atoms with E-state index in [1.165, 1.54) is 0 Å². The number of hydrogen-bond acceptors (Lipinski definition) is 8. The average Bonchev–Trinajstić information content (AvgIpc) is 2.77. The van der Waals surface area contributed by atoms with E-state index in [0.29, 0.717) is 28.2 Å². The summed E-state index contributed by atoms with van der Waals surface area (Å²) in [5.74, 6) is 2.13. The summed E-state index contributed by atoms with van der Waals surface area (Å²) in [6, 6.07) is 9.13. The van der Waals surface area contributed by atoms with E-state index in [0.717, 1.165) is 37.4 Å². The van der Waals surface area contributed by atoms with Gasteiger partial charge in [-0.05, 0) is 43.5 Å². The predicted molar refractivity (Wildman–Crippen MR) is 114 cm³/mol. The Bertz CT molecular complexity index is 1040. The molecule has 0 radical (unpaired) electrons. The van der Waals surface area contributed by atoms with Crippen molar-refractivity contribution in [1.82, 2.24) is 19.9 Å². The lowest BCUT2D eigenvalue weighted by Crippen LogP contribution is -2.40. The van der Waals surface area contributed by atoms with Crippen LogP contribution in [0.2, 0.25) is 5.02 Å². The van der Waals surface area contributed by atoms with Crippen LogP contribution in [0.3, 0.4) is 0 Å². The third-order valence-electron chi connectivity index (χ3n) is 4.86. The van der Waals surface area contributed by atoms with E-state index < -0.39 is 0 Å². The number of nitriles is 1. The first-order valence-corrected chi connectivity index (χ1v) is 10.00. The maximum Gasteiger partial charge on any atom is 0.226 e. The predicted octanol–water partition coefficient (Wildman–Crippen LogP) is 3.97. The fourth-order valence-corrected chi connectivity index (χ4v) is 3.66. The number of rotatable bonds is 5. The normalized spacial score (nSPS) is 14.2. The molecule has 0 aliphatic carbocycles. The Morgan fingerprint density at radius 1 is 1.17 bits per heavy atom. The van der Waals surface area contributed by atoms with Crippen LogP contribution in [-0.2, 0) is 0 Å². The topological polar surface area (TPSA) is 99.8 Å². The Morgan fingerprint density at radius 2 is 1.93 bits per heavy atom. The SMILES string of the molecule is Cc1cc(C#N)cc(Cl)c1Oc1ccnc(NC2CCN(c3ncccn3)CC2)n1. The molecule has 8 nitrogen and oxygen atoms in total. The van der Waals surface area contributed by atoms with Gasteiger partial charge in [0, 0.05) is 43.8 Å². The summed E-state index contributed by atoms with van der Waals surface area (Å²) in [7, 11) is 0. The number of piperidine rings is 1. The molecule has 0 unspecified atom stereocenters. The molecule has 30 heavy (non-hydrogen) atoms. The van der Waals surface area contributed by atoms with E-state index in [1.807, 2.05) is 13.0 Å². The second-order valence-corrected chi connectivity index (χ2v) is 7.40. The van der Waals surface area contributed by atoms with Crippen molar-refractivity contribution in [1.29, 1.82) is 5.26 Å². The zero-order valence-corrected chi connectivity index (χ0v) is 17.2. The van der Waals surface area contributed by atoms with Gasteiger partial charge in [-0.2, -0.15) is 10.2 Å². The molecule has 1 N–H and O–H groups in total. The van der Waals surface area contributed by atoms with Crippen molar-refractivity contribution in [3.05, 3.63) is 59.0 Å². The highest BCUT2D eigenvalue weighted by molar-refractivity contribution is 6.32. The monoisotopic (exact) mass is 421 g/mol. The third kappa shape index (κ3) is 4.58. The number of anilines is 2. The van der Waals surface area contributed by atoms with Crippen molar-refractivity contribution >= 4 is 23.5 Å². The molecule has 0 amide bonds. The summed E-state index contributed by atoms with van der Waals surface area (Å²) in [6.45, 7) is 3.56. The largest absolute Gasteiger partial charge is 0.437 e. The van der Waals surface area contributed by atoms with Gasteiger partial charge in [-0.3, -0.25) is 0 Å². The molecule has 0 bridgehead atoms. The first-order chi connectivity index (χ1) is 14.6. The van der Waals surface area contributed by atoms with Gasteiger partial charge in [-0.1, -0.05) is 11.6 Å². The van der Waals surface area contributed by atoms with Crippen LogP contribution in [0.5, 0.6) is 11.6 Å². The van der Waals surface area contributed by atoms with Gasteiger partial charge in [0.05, 0.1) is 16.7 Å². The van der Waals surface area contributed by atoms with Gasteiger partial charge in [-0.15, -0.1) is 0 Å². The van der Waals surface area contributed by atoms with Crippen LogP contribution in [0.1, 0.15) is 24.0 Å². The maximum absolute atomic E-state index is 9.05. The maximum atomic E-state index is 9.05. The van der Waals surface area contributed by atoms with Crippen LogP contribution >= 0.6 is 11.6 Å². The number of aryl methyl sites for hydroxylation is 1. The quantitative estimate of drug-likeness (QED) is 0.660. The molecule has 1 saturated heterocycles. The van der Waals surface area contributed by atoms with Gasteiger partial charge in [-0.25, -0.2) is 15.0 Å². The minimum Gasteiger partial charge on any atom is -0.437 e. The Labute approximate surface area is 179 Å². The Morgan fingerprint density at radius 3 is 2.63 bits per heavy atom. The van der Waals surface area contributed by atoms with Crippen molar-refractivity contribution in [3.8, 4) is 17.7 Å². The molecule has 3 heterocycles. The lowest BCUT2D eigenvalue weighted by atomic mass is 10.1. The van der Waals surface area contributed by atoms with Crippen LogP contribution in [0.25, 0.3) is 0 Å². The highest BCUT2D eigenvalue weighted by Crippen LogP contribution is 2.33. The molecule has 0 saturated carbocycles. The van der Waals surface area contributed by atoms with Crippen LogP contribution in [0.15, 0.2) is 42.9 Å². The van der Waals surface area contributed by atoms with E-state index in [-0.39, 0.29) is 6.04 Å². The van der Waals surface area contributed by atoms with Crippen LogP contribution in [0.4, 0.5) is 11.9 Å². The van der Waals surface area contributed by atoms with E-state index in [2.05, 4.69) is 36.2 Å². The molecule has 4 rings (SSSR count). The second-order valence-electron chi connectivity index (χ2n) is 6.99. The average molecular weight is 422 g/mol.